The molecule has 0 bridgehead atoms. The van der Waals surface area contributed by atoms with Gasteiger partial charge in [0.05, 0.1) is 6.04 Å². The number of nitrogens with one attached hydrogen (secondary N) is 1. The first-order chi connectivity index (χ1) is 18.5. The third kappa shape index (κ3) is 5.92. The maximum atomic E-state index is 14.5. The Morgan fingerprint density at radius 2 is 1.76 bits per heavy atom. The number of hydrogen-bond donors (Lipinski definition) is 1. The van der Waals surface area contributed by atoms with Gasteiger partial charge in [0.2, 0.25) is 0 Å². The molecule has 1 aliphatic heterocycles. The molecule has 0 fully saturated rings. The maximum absolute atomic E-state index is 14.5. The highest BCUT2D eigenvalue weighted by Crippen LogP contribution is 2.38. The first kappa shape index (κ1) is 25.6. The highest BCUT2D eigenvalue weighted by molar-refractivity contribution is 5.80. The summed E-state index contributed by atoms with van der Waals surface area (Å²) in [5.41, 5.74) is 4.75. The van der Waals surface area contributed by atoms with Crippen LogP contribution in [0.25, 0.3) is 0 Å². The van der Waals surface area contributed by atoms with E-state index in [9.17, 15) is 13.6 Å². The van der Waals surface area contributed by atoms with Crippen molar-refractivity contribution in [2.45, 2.75) is 38.6 Å². The molecule has 1 amide bonds. The summed E-state index contributed by atoms with van der Waals surface area (Å²) in [7, 11) is 0. The first-order valence-electron chi connectivity index (χ1n) is 12.8. The van der Waals surface area contributed by atoms with E-state index in [-0.39, 0.29) is 30.1 Å². The van der Waals surface area contributed by atoms with Crippen LogP contribution in [0.3, 0.4) is 0 Å². The molecule has 4 aromatic carbocycles. The summed E-state index contributed by atoms with van der Waals surface area (Å²) in [6, 6.07) is 29.1. The lowest BCUT2D eigenvalue weighted by molar-refractivity contribution is -0.127. The van der Waals surface area contributed by atoms with Crippen LogP contribution < -0.4 is 10.1 Å². The number of halogens is 2. The van der Waals surface area contributed by atoms with Gasteiger partial charge in [-0.2, -0.15) is 0 Å². The van der Waals surface area contributed by atoms with Crippen molar-refractivity contribution in [3.05, 3.63) is 137 Å². The molecule has 38 heavy (non-hydrogen) atoms. The fraction of sp³-hybridized carbons (Fsp3) is 0.219. The van der Waals surface area contributed by atoms with Crippen LogP contribution in [0.5, 0.6) is 5.75 Å². The Kier molecular flexibility index (Phi) is 7.80. The highest BCUT2D eigenvalue weighted by Gasteiger charge is 2.30. The van der Waals surface area contributed by atoms with E-state index < -0.39 is 6.10 Å². The van der Waals surface area contributed by atoms with Crippen LogP contribution in [0.4, 0.5) is 8.78 Å². The summed E-state index contributed by atoms with van der Waals surface area (Å²) in [6.07, 6.45) is 0.0896. The molecule has 0 radical (unpaired) electrons. The minimum absolute atomic E-state index is 0.0831. The van der Waals surface area contributed by atoms with Crippen LogP contribution in [-0.2, 0) is 24.3 Å². The minimum atomic E-state index is -0.741. The Morgan fingerprint density at radius 3 is 2.55 bits per heavy atom. The van der Waals surface area contributed by atoms with Gasteiger partial charge in [0.1, 0.15) is 17.4 Å². The predicted octanol–water partition coefficient (Wildman–Crippen LogP) is 6.20. The zero-order chi connectivity index (χ0) is 26.5. The molecule has 0 spiro atoms. The van der Waals surface area contributed by atoms with Crippen molar-refractivity contribution in [3.63, 3.8) is 0 Å². The number of ether oxygens (including phenoxy) is 1. The molecule has 1 aliphatic rings. The molecule has 2 unspecified atom stereocenters. The Bertz CT molecular complexity index is 1410. The molecule has 4 aromatic rings. The second-order valence-electron chi connectivity index (χ2n) is 9.59. The summed E-state index contributed by atoms with van der Waals surface area (Å²) >= 11 is 0. The SMILES string of the molecule is CC(Oc1ccc2c(c1)C(c1ccccc1)N(Cc1ccccc1F)CC2)C(=O)NCc1cccc(F)c1. The van der Waals surface area contributed by atoms with E-state index in [2.05, 4.69) is 28.4 Å². The van der Waals surface area contributed by atoms with Crippen molar-refractivity contribution >= 4 is 5.91 Å². The van der Waals surface area contributed by atoms with E-state index in [4.69, 9.17) is 4.74 Å². The van der Waals surface area contributed by atoms with Gasteiger partial charge in [-0.25, -0.2) is 8.78 Å². The number of carbonyl (C=O) groups is 1. The summed E-state index contributed by atoms with van der Waals surface area (Å²) < 4.78 is 34.0. The molecule has 0 saturated heterocycles. The van der Waals surface area contributed by atoms with Gasteiger partial charge in [0, 0.05) is 25.2 Å². The molecule has 0 aliphatic carbocycles. The number of rotatable bonds is 8. The molecule has 5 rings (SSSR count). The molecule has 1 heterocycles. The fourth-order valence-corrected chi connectivity index (χ4v) is 5.00. The molecule has 0 aromatic heterocycles. The first-order valence-corrected chi connectivity index (χ1v) is 12.8. The number of benzene rings is 4. The number of hydrogen-bond acceptors (Lipinski definition) is 3. The van der Waals surface area contributed by atoms with Crippen molar-refractivity contribution in [1.29, 1.82) is 0 Å². The van der Waals surface area contributed by atoms with Crippen LogP contribution in [0, 0.1) is 11.6 Å². The summed E-state index contributed by atoms with van der Waals surface area (Å²) in [6.45, 7) is 3.19. The van der Waals surface area contributed by atoms with Gasteiger partial charge in [-0.15, -0.1) is 0 Å². The van der Waals surface area contributed by atoms with E-state index in [1.165, 1.54) is 23.8 Å². The van der Waals surface area contributed by atoms with Gasteiger partial charge in [0.15, 0.2) is 6.10 Å². The quantitative estimate of drug-likeness (QED) is 0.306. The molecule has 2 atom stereocenters. The lowest BCUT2D eigenvalue weighted by atomic mass is 9.87. The Morgan fingerprint density at radius 1 is 0.974 bits per heavy atom. The molecule has 0 saturated carbocycles. The van der Waals surface area contributed by atoms with Crippen molar-refractivity contribution in [3.8, 4) is 5.75 Å². The number of nitrogens with zero attached hydrogens (tertiary/aromatic N) is 1. The summed E-state index contributed by atoms with van der Waals surface area (Å²) in [4.78, 5) is 15.0. The number of fused-ring (bicyclic) bond motifs is 1. The van der Waals surface area contributed by atoms with Crippen LogP contribution in [-0.4, -0.2) is 23.5 Å². The normalized spacial score (nSPS) is 15.9. The highest BCUT2D eigenvalue weighted by atomic mass is 19.1. The van der Waals surface area contributed by atoms with Crippen molar-refractivity contribution in [2.75, 3.05) is 6.54 Å². The Hall–Kier alpha value is -4.03. The Labute approximate surface area is 221 Å². The van der Waals surface area contributed by atoms with Gasteiger partial charge in [-0.05, 0) is 65.9 Å². The lowest BCUT2D eigenvalue weighted by Gasteiger charge is -2.38. The van der Waals surface area contributed by atoms with Gasteiger partial charge >= 0.3 is 0 Å². The maximum Gasteiger partial charge on any atom is 0.261 e. The number of carbonyl (C=O) groups excluding carboxylic acids is 1. The van der Waals surface area contributed by atoms with E-state index in [0.29, 0.717) is 23.4 Å². The van der Waals surface area contributed by atoms with Crippen LogP contribution in [0.15, 0.2) is 97.1 Å². The molecular formula is C32H30F2N2O2. The second kappa shape index (κ2) is 11.6. The zero-order valence-electron chi connectivity index (χ0n) is 21.2. The average molecular weight is 513 g/mol. The number of amides is 1. The molecular weight excluding hydrogens is 482 g/mol. The van der Waals surface area contributed by atoms with E-state index >= 15 is 0 Å². The third-order valence-electron chi connectivity index (χ3n) is 6.93. The summed E-state index contributed by atoms with van der Waals surface area (Å²) in [5.74, 6) is -0.244. The van der Waals surface area contributed by atoms with Crippen LogP contribution in [0.1, 0.15) is 40.8 Å². The van der Waals surface area contributed by atoms with E-state index in [1.54, 1.807) is 25.1 Å². The lowest BCUT2D eigenvalue weighted by Crippen LogP contribution is -2.37. The van der Waals surface area contributed by atoms with Gasteiger partial charge in [-0.3, -0.25) is 9.69 Å². The smallest absolute Gasteiger partial charge is 0.261 e. The van der Waals surface area contributed by atoms with Crippen LogP contribution >= 0.6 is 0 Å². The average Bonchev–Trinajstić information content (AvgIpc) is 2.93. The van der Waals surface area contributed by atoms with E-state index in [1.807, 2.05) is 42.5 Å². The van der Waals surface area contributed by atoms with Gasteiger partial charge in [-0.1, -0.05) is 66.7 Å². The summed E-state index contributed by atoms with van der Waals surface area (Å²) in [5, 5.41) is 2.81. The van der Waals surface area contributed by atoms with Crippen molar-refractivity contribution in [2.24, 2.45) is 0 Å². The molecule has 4 nitrogen and oxygen atoms in total. The van der Waals surface area contributed by atoms with Gasteiger partial charge < -0.3 is 10.1 Å². The fourth-order valence-electron chi connectivity index (χ4n) is 5.00. The van der Waals surface area contributed by atoms with E-state index in [0.717, 1.165) is 24.1 Å². The standard InChI is InChI=1S/C32H30F2N2O2/c1-22(32(37)35-20-23-8-7-12-27(33)18-23)38-28-15-14-24-16-17-36(21-26-11-5-6-13-30(26)34)31(29(24)19-28)25-9-3-2-4-10-25/h2-15,18-19,22,31H,16-17,20-21H2,1H3,(H,35,37). The zero-order valence-corrected chi connectivity index (χ0v) is 21.2. The third-order valence-corrected chi connectivity index (χ3v) is 6.93. The Balaban J connectivity index is 1.36. The predicted molar refractivity (Wildman–Crippen MR) is 144 cm³/mol. The van der Waals surface area contributed by atoms with Crippen LogP contribution in [0.2, 0.25) is 0 Å². The minimum Gasteiger partial charge on any atom is -0.481 e. The monoisotopic (exact) mass is 512 g/mol. The van der Waals surface area contributed by atoms with Crippen molar-refractivity contribution < 1.29 is 18.3 Å². The van der Waals surface area contributed by atoms with Gasteiger partial charge in [0.25, 0.3) is 5.91 Å². The van der Waals surface area contributed by atoms with Crippen molar-refractivity contribution in [1.82, 2.24) is 10.2 Å². The molecule has 1 N–H and O–H groups in total. The molecule has 194 valence electrons. The largest absolute Gasteiger partial charge is 0.481 e. The topological polar surface area (TPSA) is 41.6 Å². The molecule has 6 heteroatoms. The second-order valence-corrected chi connectivity index (χ2v) is 9.59.